The minimum Gasteiger partial charge on any atom is -0.465 e. The Morgan fingerprint density at radius 2 is 2.10 bits per heavy atom. The van der Waals surface area contributed by atoms with Crippen LogP contribution in [0.1, 0.15) is 38.2 Å². The zero-order chi connectivity index (χ0) is 21.5. The second kappa shape index (κ2) is 7.77. The van der Waals surface area contributed by atoms with Gasteiger partial charge >= 0.3 is 5.97 Å². The third-order valence-electron chi connectivity index (χ3n) is 6.20. The molecule has 3 aliphatic rings. The Balaban J connectivity index is 1.92. The Bertz CT molecular complexity index is 1040. The number of hydrogen-bond donors (Lipinski definition) is 0. The highest BCUT2D eigenvalue weighted by Crippen LogP contribution is 2.59. The number of halogens is 1. The second-order valence-electron chi connectivity index (χ2n) is 7.63. The molecule has 7 nitrogen and oxygen atoms in total. The molecule has 0 saturated heterocycles. The normalized spacial score (nSPS) is 27.1. The topological polar surface area (TPSA) is 103 Å². The van der Waals surface area contributed by atoms with Crippen LogP contribution in [0.4, 0.5) is 5.69 Å². The van der Waals surface area contributed by atoms with Gasteiger partial charge in [-0.05, 0) is 31.9 Å². The molecule has 3 atom stereocenters. The first-order valence-corrected chi connectivity index (χ1v) is 10.8. The molecule has 1 aromatic rings. The van der Waals surface area contributed by atoms with E-state index in [1.807, 2.05) is 12.1 Å². The van der Waals surface area contributed by atoms with E-state index in [4.69, 9.17) is 9.47 Å². The van der Waals surface area contributed by atoms with E-state index in [1.54, 1.807) is 19.1 Å². The van der Waals surface area contributed by atoms with Crippen molar-refractivity contribution in [3.05, 3.63) is 39.6 Å². The van der Waals surface area contributed by atoms with E-state index in [0.717, 1.165) is 19.3 Å². The van der Waals surface area contributed by atoms with Gasteiger partial charge in [-0.15, -0.1) is 0 Å². The van der Waals surface area contributed by atoms with Gasteiger partial charge in [0.2, 0.25) is 11.4 Å². The summed E-state index contributed by atoms with van der Waals surface area (Å²) in [5.74, 6) is -1.54. The first kappa shape index (κ1) is 20.4. The highest BCUT2D eigenvalue weighted by molar-refractivity contribution is 9.10. The molecular formula is C22H20BrN3O4. The van der Waals surface area contributed by atoms with Gasteiger partial charge in [0.1, 0.15) is 12.6 Å². The first-order chi connectivity index (χ1) is 14.5. The van der Waals surface area contributed by atoms with Gasteiger partial charge in [-0.2, -0.15) is 10.5 Å². The van der Waals surface area contributed by atoms with Gasteiger partial charge in [-0.1, -0.05) is 34.8 Å². The van der Waals surface area contributed by atoms with Gasteiger partial charge in [0.05, 0.1) is 23.9 Å². The number of carbonyl (C=O) groups is 2. The Labute approximate surface area is 183 Å². The molecule has 1 amide bonds. The molecule has 4 rings (SSSR count). The molecule has 1 aromatic carbocycles. The van der Waals surface area contributed by atoms with Crippen LogP contribution >= 0.6 is 15.9 Å². The molecule has 0 N–H and O–H groups in total. The smallest absolute Gasteiger partial charge is 0.326 e. The van der Waals surface area contributed by atoms with E-state index in [2.05, 4.69) is 22.0 Å². The summed E-state index contributed by atoms with van der Waals surface area (Å²) in [7, 11) is 0. The Hall–Kier alpha value is -2.84. The number of benzene rings is 1. The van der Waals surface area contributed by atoms with Crippen LogP contribution in [-0.4, -0.2) is 25.0 Å². The van der Waals surface area contributed by atoms with E-state index in [-0.39, 0.29) is 36.7 Å². The number of fused-ring (bicyclic) bond motifs is 4. The molecule has 2 aliphatic heterocycles. The number of esters is 1. The van der Waals surface area contributed by atoms with Crippen LogP contribution in [0.3, 0.4) is 0 Å². The summed E-state index contributed by atoms with van der Waals surface area (Å²) in [6, 6.07) is 9.51. The van der Waals surface area contributed by atoms with Crippen molar-refractivity contribution in [3.8, 4) is 12.1 Å². The van der Waals surface area contributed by atoms with Crippen molar-refractivity contribution >= 4 is 33.5 Å². The van der Waals surface area contributed by atoms with E-state index in [0.29, 0.717) is 27.7 Å². The van der Waals surface area contributed by atoms with Gasteiger partial charge in [0.15, 0.2) is 0 Å². The molecule has 8 heteroatoms. The highest BCUT2D eigenvalue weighted by Gasteiger charge is 2.64. The number of amides is 1. The van der Waals surface area contributed by atoms with Gasteiger partial charge in [0.25, 0.3) is 5.91 Å². The van der Waals surface area contributed by atoms with Gasteiger partial charge < -0.3 is 9.47 Å². The lowest BCUT2D eigenvalue weighted by atomic mass is 9.64. The highest BCUT2D eigenvalue weighted by atomic mass is 79.9. The minimum atomic E-state index is -1.45. The predicted octanol–water partition coefficient (Wildman–Crippen LogP) is 3.69. The molecule has 1 spiro atoms. The number of hydrogen-bond acceptors (Lipinski definition) is 6. The number of anilines is 1. The van der Waals surface area contributed by atoms with Crippen molar-refractivity contribution in [2.75, 3.05) is 18.1 Å². The van der Waals surface area contributed by atoms with Crippen LogP contribution in [-0.2, 0) is 24.7 Å². The maximum atomic E-state index is 13.9. The third-order valence-corrected chi connectivity index (χ3v) is 6.86. The molecule has 1 saturated carbocycles. The van der Waals surface area contributed by atoms with Crippen molar-refractivity contribution in [3.63, 3.8) is 0 Å². The average Bonchev–Trinajstić information content (AvgIpc) is 2.98. The summed E-state index contributed by atoms with van der Waals surface area (Å²) in [5.41, 5.74) is 0.0433. The summed E-state index contributed by atoms with van der Waals surface area (Å²) in [4.78, 5) is 27.5. The third kappa shape index (κ3) is 2.82. The summed E-state index contributed by atoms with van der Waals surface area (Å²) in [6.45, 7) is 1.68. The van der Waals surface area contributed by atoms with Crippen molar-refractivity contribution in [1.82, 2.24) is 0 Å². The molecule has 154 valence electrons. The summed E-state index contributed by atoms with van der Waals surface area (Å²) in [5, 5.41) is 19.4. The van der Waals surface area contributed by atoms with E-state index in [9.17, 15) is 20.1 Å². The first-order valence-electron chi connectivity index (χ1n) is 9.99. The fourth-order valence-electron chi connectivity index (χ4n) is 5.09. The standard InChI is InChI=1S/C22H20BrN3O4/c1-2-29-19(27)12-26-17-9-5-8-16(23)20(17)22(21(26)28)15-7-4-3-6-13(15)14(10-24)18(11-25)30-22/h5,8-9,13,15H,2-4,6-7,12H2,1H3. The van der Waals surface area contributed by atoms with Crippen LogP contribution < -0.4 is 4.90 Å². The van der Waals surface area contributed by atoms with Crippen LogP contribution in [0.2, 0.25) is 0 Å². The molecule has 2 heterocycles. The molecular weight excluding hydrogens is 450 g/mol. The predicted molar refractivity (Wildman–Crippen MR) is 110 cm³/mol. The molecule has 1 aliphatic carbocycles. The van der Waals surface area contributed by atoms with Crippen LogP contribution in [0.15, 0.2) is 34.0 Å². The summed E-state index contributed by atoms with van der Waals surface area (Å²) < 4.78 is 11.9. The maximum absolute atomic E-state index is 13.9. The average molecular weight is 470 g/mol. The number of carbonyl (C=O) groups excluding carboxylic acids is 2. The van der Waals surface area contributed by atoms with Crippen LogP contribution in [0, 0.1) is 34.5 Å². The van der Waals surface area contributed by atoms with E-state index >= 15 is 0 Å². The van der Waals surface area contributed by atoms with Crippen LogP contribution in [0.25, 0.3) is 0 Å². The second-order valence-corrected chi connectivity index (χ2v) is 8.49. The van der Waals surface area contributed by atoms with Gasteiger partial charge in [0, 0.05) is 21.9 Å². The number of ether oxygens (including phenoxy) is 2. The number of allylic oxidation sites excluding steroid dienone is 2. The quantitative estimate of drug-likeness (QED) is 0.625. The zero-order valence-corrected chi connectivity index (χ0v) is 18.1. The van der Waals surface area contributed by atoms with Gasteiger partial charge in [-0.3, -0.25) is 14.5 Å². The molecule has 1 fully saturated rings. The maximum Gasteiger partial charge on any atom is 0.326 e. The van der Waals surface area contributed by atoms with Crippen molar-refractivity contribution in [2.45, 2.75) is 38.2 Å². The summed E-state index contributed by atoms with van der Waals surface area (Å²) in [6.07, 6.45) is 3.23. The Morgan fingerprint density at radius 3 is 2.80 bits per heavy atom. The van der Waals surface area contributed by atoms with Crippen molar-refractivity contribution in [1.29, 1.82) is 10.5 Å². The number of rotatable bonds is 3. The fraction of sp³-hybridized carbons (Fsp3) is 0.455. The van der Waals surface area contributed by atoms with Crippen molar-refractivity contribution < 1.29 is 19.1 Å². The lowest BCUT2D eigenvalue weighted by Gasteiger charge is -2.46. The molecule has 3 unspecified atom stereocenters. The zero-order valence-electron chi connectivity index (χ0n) is 16.5. The Kier molecular flexibility index (Phi) is 5.29. The largest absolute Gasteiger partial charge is 0.465 e. The summed E-state index contributed by atoms with van der Waals surface area (Å²) >= 11 is 3.56. The Morgan fingerprint density at radius 1 is 1.33 bits per heavy atom. The fourth-order valence-corrected chi connectivity index (χ4v) is 5.74. The van der Waals surface area contributed by atoms with E-state index < -0.39 is 11.6 Å². The SMILES string of the molecule is CCOC(=O)CN1C(=O)C2(OC(C#N)=C(C#N)C3CCCCC32)c2c(Br)cccc21. The molecule has 0 radical (unpaired) electrons. The molecule has 0 aromatic heterocycles. The van der Waals surface area contributed by atoms with E-state index in [1.165, 1.54) is 4.90 Å². The van der Waals surface area contributed by atoms with Crippen LogP contribution in [0.5, 0.6) is 0 Å². The van der Waals surface area contributed by atoms with Gasteiger partial charge in [-0.25, -0.2) is 0 Å². The molecule has 30 heavy (non-hydrogen) atoms. The minimum absolute atomic E-state index is 0.103. The number of nitrogens with zero attached hydrogens (tertiary/aromatic N) is 3. The van der Waals surface area contributed by atoms with Crippen molar-refractivity contribution in [2.24, 2.45) is 11.8 Å². The molecule has 0 bridgehead atoms. The lowest BCUT2D eigenvalue weighted by Crippen LogP contribution is -2.54. The lowest BCUT2D eigenvalue weighted by molar-refractivity contribution is -0.155. The monoisotopic (exact) mass is 469 g/mol. The number of nitriles is 2.